The lowest BCUT2D eigenvalue weighted by molar-refractivity contribution is -0.384. The van der Waals surface area contributed by atoms with Crippen LogP contribution in [-0.2, 0) is 0 Å². The van der Waals surface area contributed by atoms with E-state index in [1.54, 1.807) is 12.1 Å². The van der Waals surface area contributed by atoms with Gasteiger partial charge < -0.3 is 5.32 Å². The van der Waals surface area contributed by atoms with Gasteiger partial charge in [-0.3, -0.25) is 14.9 Å². The molecule has 2 aromatic rings. The van der Waals surface area contributed by atoms with Gasteiger partial charge in [0.15, 0.2) is 0 Å². The van der Waals surface area contributed by atoms with Gasteiger partial charge >= 0.3 is 0 Å². The minimum absolute atomic E-state index is 0.00753. The molecule has 0 aliphatic rings. The van der Waals surface area contributed by atoms with Crippen molar-refractivity contribution in [2.24, 2.45) is 0 Å². The van der Waals surface area contributed by atoms with Crippen molar-refractivity contribution in [2.75, 3.05) is 5.32 Å². The first-order valence-electron chi connectivity index (χ1n) is 4.87. The normalized spacial score (nSPS) is 10.1. The molecule has 0 bridgehead atoms. The molecule has 1 aromatic carbocycles. The van der Waals surface area contributed by atoms with Crippen LogP contribution in [0.25, 0.3) is 0 Å². The Labute approximate surface area is 115 Å². The SMILES string of the molecule is O=C(Nc1ccc([N+](=O)[O-])cc1)c1ccc(Br)s1. The maximum Gasteiger partial charge on any atom is 0.269 e. The van der Waals surface area contributed by atoms with E-state index in [4.69, 9.17) is 0 Å². The van der Waals surface area contributed by atoms with Gasteiger partial charge in [0.25, 0.3) is 11.6 Å². The van der Waals surface area contributed by atoms with Gasteiger partial charge in [-0.1, -0.05) is 0 Å². The van der Waals surface area contributed by atoms with Gasteiger partial charge in [0.1, 0.15) is 0 Å². The molecule has 0 fully saturated rings. The van der Waals surface area contributed by atoms with E-state index in [0.717, 1.165) is 3.79 Å². The van der Waals surface area contributed by atoms with Crippen LogP contribution in [-0.4, -0.2) is 10.8 Å². The van der Waals surface area contributed by atoms with E-state index in [2.05, 4.69) is 21.2 Å². The van der Waals surface area contributed by atoms with E-state index in [-0.39, 0.29) is 11.6 Å². The van der Waals surface area contributed by atoms with Crippen LogP contribution in [0.2, 0.25) is 0 Å². The second-order valence-corrected chi connectivity index (χ2v) is 5.82. The summed E-state index contributed by atoms with van der Waals surface area (Å²) in [5.41, 5.74) is 0.516. The number of hydrogen-bond donors (Lipinski definition) is 1. The first-order valence-corrected chi connectivity index (χ1v) is 6.48. The third kappa shape index (κ3) is 2.93. The minimum atomic E-state index is -0.484. The number of anilines is 1. The second kappa shape index (κ2) is 5.28. The predicted molar refractivity (Wildman–Crippen MR) is 73.1 cm³/mol. The number of rotatable bonds is 3. The summed E-state index contributed by atoms with van der Waals surface area (Å²) in [4.78, 5) is 22.3. The van der Waals surface area contributed by atoms with E-state index in [1.165, 1.54) is 35.6 Å². The summed E-state index contributed by atoms with van der Waals surface area (Å²) in [7, 11) is 0. The van der Waals surface area contributed by atoms with Crippen LogP contribution < -0.4 is 5.32 Å². The van der Waals surface area contributed by atoms with Crippen LogP contribution >= 0.6 is 27.3 Å². The lowest BCUT2D eigenvalue weighted by Crippen LogP contribution is -2.09. The molecule has 5 nitrogen and oxygen atoms in total. The highest BCUT2D eigenvalue weighted by molar-refractivity contribution is 9.11. The van der Waals surface area contributed by atoms with Crippen LogP contribution in [0.5, 0.6) is 0 Å². The van der Waals surface area contributed by atoms with E-state index >= 15 is 0 Å². The first-order chi connectivity index (χ1) is 8.56. The molecular weight excluding hydrogens is 320 g/mol. The van der Waals surface area contributed by atoms with Gasteiger partial charge in [-0.15, -0.1) is 11.3 Å². The molecule has 0 radical (unpaired) electrons. The van der Waals surface area contributed by atoms with Crippen molar-refractivity contribution in [1.82, 2.24) is 0 Å². The Morgan fingerprint density at radius 3 is 2.39 bits per heavy atom. The largest absolute Gasteiger partial charge is 0.321 e. The van der Waals surface area contributed by atoms with Crippen molar-refractivity contribution in [3.63, 3.8) is 0 Å². The molecular formula is C11H7BrN2O3S. The molecule has 18 heavy (non-hydrogen) atoms. The Hall–Kier alpha value is -1.73. The molecule has 0 aliphatic carbocycles. The van der Waals surface area contributed by atoms with Crippen LogP contribution in [0.15, 0.2) is 40.2 Å². The highest BCUT2D eigenvalue weighted by atomic mass is 79.9. The number of amides is 1. The summed E-state index contributed by atoms with van der Waals surface area (Å²) in [5.74, 6) is -0.237. The molecule has 0 saturated carbocycles. The molecule has 92 valence electrons. The van der Waals surface area contributed by atoms with Crippen LogP contribution in [0.1, 0.15) is 9.67 Å². The van der Waals surface area contributed by atoms with Gasteiger partial charge in [0.05, 0.1) is 13.6 Å². The minimum Gasteiger partial charge on any atom is -0.321 e. The zero-order valence-corrected chi connectivity index (χ0v) is 11.3. The molecule has 7 heteroatoms. The quantitative estimate of drug-likeness (QED) is 0.690. The molecule has 2 rings (SSSR count). The fraction of sp³-hybridized carbons (Fsp3) is 0. The van der Waals surface area contributed by atoms with Crippen molar-refractivity contribution in [3.8, 4) is 0 Å². The number of carbonyl (C=O) groups excluding carboxylic acids is 1. The third-order valence-corrected chi connectivity index (χ3v) is 3.76. The first kappa shape index (κ1) is 12.7. The van der Waals surface area contributed by atoms with Crippen LogP contribution in [0.4, 0.5) is 11.4 Å². The standard InChI is InChI=1S/C11H7BrN2O3S/c12-10-6-5-9(18-10)11(15)13-7-1-3-8(4-2-7)14(16)17/h1-6H,(H,13,15). The van der Waals surface area contributed by atoms with Crippen LogP contribution in [0.3, 0.4) is 0 Å². The van der Waals surface area contributed by atoms with Gasteiger partial charge in [-0.05, 0) is 40.2 Å². The average molecular weight is 327 g/mol. The summed E-state index contributed by atoms with van der Waals surface area (Å²) in [5, 5.41) is 13.1. The van der Waals surface area contributed by atoms with Crippen molar-refractivity contribution in [3.05, 3.63) is 55.2 Å². The summed E-state index contributed by atoms with van der Waals surface area (Å²) in [6, 6.07) is 9.18. The number of halogens is 1. The monoisotopic (exact) mass is 326 g/mol. The van der Waals surface area contributed by atoms with Gasteiger partial charge in [0, 0.05) is 17.8 Å². The van der Waals surface area contributed by atoms with Crippen molar-refractivity contribution in [1.29, 1.82) is 0 Å². The molecule has 1 amide bonds. The van der Waals surface area contributed by atoms with Gasteiger partial charge in [-0.25, -0.2) is 0 Å². The van der Waals surface area contributed by atoms with E-state index < -0.39 is 4.92 Å². The lowest BCUT2D eigenvalue weighted by atomic mass is 10.3. The molecule has 0 atom stereocenters. The fourth-order valence-electron chi connectivity index (χ4n) is 1.30. The molecule has 1 aromatic heterocycles. The predicted octanol–water partition coefficient (Wildman–Crippen LogP) is 3.67. The van der Waals surface area contributed by atoms with Gasteiger partial charge in [-0.2, -0.15) is 0 Å². The summed E-state index contributed by atoms with van der Waals surface area (Å²) in [6.07, 6.45) is 0. The number of carbonyl (C=O) groups is 1. The Morgan fingerprint density at radius 1 is 1.22 bits per heavy atom. The summed E-state index contributed by atoms with van der Waals surface area (Å²) < 4.78 is 0.872. The fourth-order valence-corrected chi connectivity index (χ4v) is 2.58. The third-order valence-electron chi connectivity index (χ3n) is 2.13. The smallest absolute Gasteiger partial charge is 0.269 e. The Balaban J connectivity index is 2.10. The Kier molecular flexibility index (Phi) is 3.73. The maximum atomic E-state index is 11.8. The molecule has 0 saturated heterocycles. The van der Waals surface area contributed by atoms with E-state index in [1.807, 2.05) is 0 Å². The molecule has 1 N–H and O–H groups in total. The molecule has 1 heterocycles. The van der Waals surface area contributed by atoms with Crippen molar-refractivity contribution in [2.45, 2.75) is 0 Å². The zero-order valence-electron chi connectivity index (χ0n) is 8.92. The second-order valence-electron chi connectivity index (χ2n) is 3.36. The van der Waals surface area contributed by atoms with Crippen molar-refractivity contribution >= 4 is 44.5 Å². The number of thiophene rings is 1. The number of non-ortho nitro benzene ring substituents is 1. The molecule has 0 unspecified atom stereocenters. The summed E-state index contributed by atoms with van der Waals surface area (Å²) in [6.45, 7) is 0. The Morgan fingerprint density at radius 2 is 1.89 bits per heavy atom. The zero-order chi connectivity index (χ0) is 13.1. The number of nitro groups is 1. The summed E-state index contributed by atoms with van der Waals surface area (Å²) >= 11 is 4.59. The maximum absolute atomic E-state index is 11.8. The average Bonchev–Trinajstić information content (AvgIpc) is 2.76. The molecule has 0 spiro atoms. The topological polar surface area (TPSA) is 72.2 Å². The number of nitrogens with zero attached hydrogens (tertiary/aromatic N) is 1. The van der Waals surface area contributed by atoms with Crippen molar-refractivity contribution < 1.29 is 9.72 Å². The molecule has 0 aliphatic heterocycles. The van der Waals surface area contributed by atoms with E-state index in [0.29, 0.717) is 10.6 Å². The number of benzene rings is 1. The highest BCUT2D eigenvalue weighted by Gasteiger charge is 2.10. The number of nitrogens with one attached hydrogen (secondary N) is 1. The lowest BCUT2D eigenvalue weighted by Gasteiger charge is -2.02. The number of hydrogen-bond acceptors (Lipinski definition) is 4. The van der Waals surface area contributed by atoms with E-state index in [9.17, 15) is 14.9 Å². The van der Waals surface area contributed by atoms with Gasteiger partial charge in [0.2, 0.25) is 0 Å². The Bertz CT molecular complexity index is 595. The van der Waals surface area contributed by atoms with Crippen LogP contribution in [0, 0.1) is 10.1 Å². The number of nitro benzene ring substituents is 1. The highest BCUT2D eigenvalue weighted by Crippen LogP contribution is 2.23.